The zero-order chi connectivity index (χ0) is 17.2. The Bertz CT molecular complexity index is 949. The van der Waals surface area contributed by atoms with Gasteiger partial charge >= 0.3 is 0 Å². The fourth-order valence-corrected chi connectivity index (χ4v) is 3.53. The van der Waals surface area contributed by atoms with Crippen LogP contribution < -0.4 is 4.72 Å². The molecule has 0 saturated heterocycles. The predicted molar refractivity (Wildman–Crippen MR) is 91.5 cm³/mol. The lowest BCUT2D eigenvalue weighted by atomic mass is 10.2. The third-order valence-electron chi connectivity index (χ3n) is 3.76. The average Bonchev–Trinajstić information content (AvgIpc) is 3.05. The Labute approximate surface area is 140 Å². The summed E-state index contributed by atoms with van der Waals surface area (Å²) in [6.45, 7) is 2.41. The van der Waals surface area contributed by atoms with Gasteiger partial charge in [-0.2, -0.15) is 15.4 Å². The Morgan fingerprint density at radius 1 is 1.12 bits per heavy atom. The van der Waals surface area contributed by atoms with E-state index in [9.17, 15) is 8.42 Å². The van der Waals surface area contributed by atoms with E-state index in [1.807, 2.05) is 6.92 Å². The van der Waals surface area contributed by atoms with Gasteiger partial charge in [0.05, 0.1) is 17.2 Å². The van der Waals surface area contributed by atoms with Crippen LogP contribution in [0.1, 0.15) is 11.1 Å². The molecule has 0 bridgehead atoms. The summed E-state index contributed by atoms with van der Waals surface area (Å²) < 4.78 is 32.9. The number of anilines is 1. The Morgan fingerprint density at radius 3 is 2.58 bits per heavy atom. The number of nitrogens with zero attached hydrogens (tertiary/aromatic N) is 2. The van der Waals surface area contributed by atoms with Gasteiger partial charge in [-0.1, -0.05) is 18.2 Å². The minimum absolute atomic E-state index is 0.198. The van der Waals surface area contributed by atoms with Gasteiger partial charge in [-0.3, -0.25) is 4.72 Å². The molecule has 7 nitrogen and oxygen atoms in total. The van der Waals surface area contributed by atoms with Crippen LogP contribution in [-0.2, 0) is 21.2 Å². The number of sulfonamides is 1. The van der Waals surface area contributed by atoms with Gasteiger partial charge in [0.25, 0.3) is 10.0 Å². The summed E-state index contributed by atoms with van der Waals surface area (Å²) in [7, 11) is -2.07. The van der Waals surface area contributed by atoms with Gasteiger partial charge in [0, 0.05) is 7.11 Å². The molecule has 0 amide bonds. The molecule has 24 heavy (non-hydrogen) atoms. The molecule has 3 aromatic rings. The number of aromatic amines is 1. The first-order valence-electron chi connectivity index (χ1n) is 7.42. The number of aryl methyl sites for hydroxylation is 1. The lowest BCUT2D eigenvalue weighted by Crippen LogP contribution is -2.14. The summed E-state index contributed by atoms with van der Waals surface area (Å²) in [6, 6.07) is 10.3. The van der Waals surface area contributed by atoms with Gasteiger partial charge in [-0.05, 0) is 42.7 Å². The van der Waals surface area contributed by atoms with Crippen LogP contribution in [0.4, 0.5) is 5.69 Å². The predicted octanol–water partition coefficient (Wildman–Crippen LogP) is 2.26. The molecule has 0 radical (unpaired) electrons. The first-order chi connectivity index (χ1) is 11.5. The van der Waals surface area contributed by atoms with Crippen LogP contribution in [0.25, 0.3) is 11.0 Å². The molecule has 3 rings (SSSR count). The number of nitrogens with one attached hydrogen (secondary N) is 2. The van der Waals surface area contributed by atoms with Gasteiger partial charge < -0.3 is 4.74 Å². The number of hydrogen-bond acceptors (Lipinski definition) is 5. The van der Waals surface area contributed by atoms with Crippen molar-refractivity contribution >= 4 is 26.7 Å². The first kappa shape index (κ1) is 16.4. The van der Waals surface area contributed by atoms with Gasteiger partial charge in [0.1, 0.15) is 11.0 Å². The lowest BCUT2D eigenvalue weighted by molar-refractivity contribution is 0.202. The Hall–Kier alpha value is -2.45. The molecule has 0 aliphatic heterocycles. The highest BCUT2D eigenvalue weighted by molar-refractivity contribution is 7.92. The van der Waals surface area contributed by atoms with E-state index in [1.54, 1.807) is 43.5 Å². The molecule has 0 aliphatic rings. The second-order valence-electron chi connectivity index (χ2n) is 5.44. The number of aromatic nitrogens is 3. The minimum Gasteiger partial charge on any atom is -0.384 e. The Kier molecular flexibility index (Phi) is 4.50. The SMILES string of the molecule is COCCc1ccc(S(=O)(=O)Nc2c(C)ccc3n[nH]nc23)cc1. The summed E-state index contributed by atoms with van der Waals surface area (Å²) in [5, 5.41) is 10.5. The van der Waals surface area contributed by atoms with Crippen molar-refractivity contribution in [3.63, 3.8) is 0 Å². The van der Waals surface area contributed by atoms with Gasteiger partial charge in [0.15, 0.2) is 0 Å². The van der Waals surface area contributed by atoms with Crippen molar-refractivity contribution in [1.82, 2.24) is 15.4 Å². The molecule has 2 aromatic carbocycles. The Balaban J connectivity index is 1.90. The smallest absolute Gasteiger partial charge is 0.261 e. The van der Waals surface area contributed by atoms with Crippen LogP contribution in [0.2, 0.25) is 0 Å². The van der Waals surface area contributed by atoms with Gasteiger partial charge in [0.2, 0.25) is 0 Å². The molecule has 1 heterocycles. The third kappa shape index (κ3) is 3.24. The molecule has 2 N–H and O–H groups in total. The number of ether oxygens (including phenoxy) is 1. The zero-order valence-corrected chi connectivity index (χ0v) is 14.2. The van der Waals surface area contributed by atoms with Crippen LogP contribution >= 0.6 is 0 Å². The molecule has 0 fully saturated rings. The van der Waals surface area contributed by atoms with E-state index in [0.717, 1.165) is 17.5 Å². The highest BCUT2D eigenvalue weighted by Crippen LogP contribution is 2.26. The first-order valence-corrected chi connectivity index (χ1v) is 8.90. The highest BCUT2D eigenvalue weighted by Gasteiger charge is 2.18. The van der Waals surface area contributed by atoms with Crippen molar-refractivity contribution in [2.75, 3.05) is 18.4 Å². The van der Waals surface area contributed by atoms with Crippen molar-refractivity contribution in [3.8, 4) is 0 Å². The van der Waals surface area contributed by atoms with Crippen molar-refractivity contribution < 1.29 is 13.2 Å². The van der Waals surface area contributed by atoms with Crippen LogP contribution in [0, 0.1) is 6.92 Å². The second kappa shape index (κ2) is 6.58. The summed E-state index contributed by atoms with van der Waals surface area (Å²) in [5.41, 5.74) is 3.33. The third-order valence-corrected chi connectivity index (χ3v) is 5.13. The standard InChI is InChI=1S/C16H18N4O3S/c1-11-3-8-14-16(18-20-17-14)15(11)19-24(21,22)13-6-4-12(5-7-13)9-10-23-2/h3-8,19H,9-10H2,1-2H3,(H,17,18,20). The summed E-state index contributed by atoms with van der Waals surface area (Å²) in [4.78, 5) is 0.198. The summed E-state index contributed by atoms with van der Waals surface area (Å²) in [5.74, 6) is 0. The molecular formula is C16H18N4O3S. The topological polar surface area (TPSA) is 97.0 Å². The van der Waals surface area contributed by atoms with Crippen molar-refractivity contribution in [3.05, 3.63) is 47.5 Å². The van der Waals surface area contributed by atoms with E-state index in [2.05, 4.69) is 20.1 Å². The summed E-state index contributed by atoms with van der Waals surface area (Å²) in [6.07, 6.45) is 0.738. The molecule has 0 saturated carbocycles. The molecule has 1 aromatic heterocycles. The van der Waals surface area contributed by atoms with Crippen LogP contribution in [0.3, 0.4) is 0 Å². The number of rotatable bonds is 6. The molecular weight excluding hydrogens is 328 g/mol. The van der Waals surface area contributed by atoms with E-state index in [0.29, 0.717) is 23.3 Å². The lowest BCUT2D eigenvalue weighted by Gasteiger charge is -2.11. The second-order valence-corrected chi connectivity index (χ2v) is 7.12. The van der Waals surface area contributed by atoms with Crippen LogP contribution in [-0.4, -0.2) is 37.5 Å². The minimum atomic E-state index is -3.71. The number of fused-ring (bicyclic) bond motifs is 1. The van der Waals surface area contributed by atoms with E-state index in [1.165, 1.54) is 0 Å². The molecule has 8 heteroatoms. The molecule has 0 aliphatic carbocycles. The van der Waals surface area contributed by atoms with Crippen LogP contribution in [0.15, 0.2) is 41.3 Å². The number of hydrogen-bond donors (Lipinski definition) is 2. The molecule has 126 valence electrons. The average molecular weight is 346 g/mol. The van der Waals surface area contributed by atoms with Crippen molar-refractivity contribution in [2.24, 2.45) is 0 Å². The number of H-pyrrole nitrogens is 1. The van der Waals surface area contributed by atoms with E-state index >= 15 is 0 Å². The van der Waals surface area contributed by atoms with E-state index in [-0.39, 0.29) is 4.90 Å². The van der Waals surface area contributed by atoms with Crippen molar-refractivity contribution in [2.45, 2.75) is 18.2 Å². The van der Waals surface area contributed by atoms with Gasteiger partial charge in [-0.15, -0.1) is 0 Å². The number of methoxy groups -OCH3 is 1. The summed E-state index contributed by atoms with van der Waals surface area (Å²) >= 11 is 0. The quantitative estimate of drug-likeness (QED) is 0.713. The largest absolute Gasteiger partial charge is 0.384 e. The fourth-order valence-electron chi connectivity index (χ4n) is 2.39. The van der Waals surface area contributed by atoms with Crippen molar-refractivity contribution in [1.29, 1.82) is 0 Å². The Morgan fingerprint density at radius 2 is 1.88 bits per heavy atom. The monoisotopic (exact) mass is 346 g/mol. The maximum Gasteiger partial charge on any atom is 0.261 e. The highest BCUT2D eigenvalue weighted by atomic mass is 32.2. The normalized spacial score (nSPS) is 11.8. The molecule has 0 unspecified atom stereocenters. The van der Waals surface area contributed by atoms with E-state index in [4.69, 9.17) is 4.74 Å². The fraction of sp³-hybridized carbons (Fsp3) is 0.250. The number of benzene rings is 2. The maximum atomic E-state index is 12.7. The maximum absolute atomic E-state index is 12.7. The molecule has 0 atom stereocenters. The van der Waals surface area contributed by atoms with E-state index < -0.39 is 10.0 Å². The molecule has 0 spiro atoms. The van der Waals surface area contributed by atoms with Crippen LogP contribution in [0.5, 0.6) is 0 Å². The van der Waals surface area contributed by atoms with Gasteiger partial charge in [-0.25, -0.2) is 8.42 Å². The zero-order valence-electron chi connectivity index (χ0n) is 13.4.